The van der Waals surface area contributed by atoms with Gasteiger partial charge in [0.15, 0.2) is 0 Å². The van der Waals surface area contributed by atoms with Crippen LogP contribution in [0.15, 0.2) is 12.2 Å². The van der Waals surface area contributed by atoms with Crippen molar-refractivity contribution in [3.63, 3.8) is 0 Å². The molecule has 1 atom stereocenters. The predicted octanol–water partition coefficient (Wildman–Crippen LogP) is 2.93. The number of carbonyl (C=O) groups excluding carboxylic acids is 1. The summed E-state index contributed by atoms with van der Waals surface area (Å²) in [5.74, 6) is -0.0539. The largest absolute Gasteiger partial charge is 0.469 e. The van der Waals surface area contributed by atoms with Crippen molar-refractivity contribution in [2.45, 2.75) is 39.5 Å². The van der Waals surface area contributed by atoms with E-state index in [1.807, 2.05) is 6.92 Å². The molecular weight excluding hydrogens is 164 g/mol. The lowest BCUT2D eigenvalue weighted by atomic mass is 10.0. The van der Waals surface area contributed by atoms with Gasteiger partial charge in [-0.15, -0.1) is 0 Å². The minimum absolute atomic E-state index is 0.0399. The van der Waals surface area contributed by atoms with Gasteiger partial charge in [-0.2, -0.15) is 0 Å². The summed E-state index contributed by atoms with van der Waals surface area (Å²) in [5.41, 5.74) is 0. The number of ether oxygens (including phenoxy) is 1. The van der Waals surface area contributed by atoms with Gasteiger partial charge in [0.05, 0.1) is 13.0 Å². The third kappa shape index (κ3) is 5.45. The van der Waals surface area contributed by atoms with Crippen molar-refractivity contribution >= 4 is 5.97 Å². The smallest absolute Gasteiger partial charge is 0.308 e. The zero-order valence-electron chi connectivity index (χ0n) is 8.88. The lowest BCUT2D eigenvalue weighted by Crippen LogP contribution is -2.14. The molecule has 0 spiro atoms. The van der Waals surface area contributed by atoms with Gasteiger partial charge in [-0.3, -0.25) is 4.79 Å². The fourth-order valence-electron chi connectivity index (χ4n) is 1.14. The Balaban J connectivity index is 3.78. The maximum atomic E-state index is 11.2. The SMILES string of the molecule is CCCC=CCC(CC)C(=O)OC. The predicted molar refractivity (Wildman–Crippen MR) is 54.5 cm³/mol. The van der Waals surface area contributed by atoms with Crippen LogP contribution in [0.5, 0.6) is 0 Å². The van der Waals surface area contributed by atoms with Gasteiger partial charge in [0.2, 0.25) is 0 Å². The van der Waals surface area contributed by atoms with E-state index in [9.17, 15) is 4.79 Å². The van der Waals surface area contributed by atoms with Crippen molar-refractivity contribution in [3.8, 4) is 0 Å². The normalized spacial score (nSPS) is 13.2. The summed E-state index contributed by atoms with van der Waals surface area (Å²) in [4.78, 5) is 11.2. The number of carbonyl (C=O) groups is 1. The molecule has 0 aromatic rings. The highest BCUT2D eigenvalue weighted by Crippen LogP contribution is 2.11. The average Bonchev–Trinajstić information content (AvgIpc) is 2.17. The highest BCUT2D eigenvalue weighted by atomic mass is 16.5. The van der Waals surface area contributed by atoms with Crippen LogP contribution in [0.25, 0.3) is 0 Å². The Morgan fingerprint density at radius 1 is 1.38 bits per heavy atom. The summed E-state index contributed by atoms with van der Waals surface area (Å²) in [5, 5.41) is 0. The summed E-state index contributed by atoms with van der Waals surface area (Å²) in [6.07, 6.45) is 8.12. The third-order valence-electron chi connectivity index (χ3n) is 2.07. The van der Waals surface area contributed by atoms with Gasteiger partial charge in [0.1, 0.15) is 0 Å². The van der Waals surface area contributed by atoms with Gasteiger partial charge in [-0.1, -0.05) is 32.4 Å². The molecule has 2 nitrogen and oxygen atoms in total. The maximum Gasteiger partial charge on any atom is 0.308 e. The Morgan fingerprint density at radius 2 is 2.08 bits per heavy atom. The van der Waals surface area contributed by atoms with E-state index in [0.717, 1.165) is 25.7 Å². The van der Waals surface area contributed by atoms with Crippen LogP contribution >= 0.6 is 0 Å². The van der Waals surface area contributed by atoms with Crippen LogP contribution in [0.4, 0.5) is 0 Å². The zero-order chi connectivity index (χ0) is 10.1. The van der Waals surface area contributed by atoms with E-state index in [2.05, 4.69) is 23.8 Å². The topological polar surface area (TPSA) is 26.3 Å². The molecule has 0 aliphatic carbocycles. The fourth-order valence-corrected chi connectivity index (χ4v) is 1.14. The summed E-state index contributed by atoms with van der Waals surface area (Å²) in [6.45, 7) is 4.15. The highest BCUT2D eigenvalue weighted by molar-refractivity contribution is 5.72. The van der Waals surface area contributed by atoms with Crippen molar-refractivity contribution in [1.29, 1.82) is 0 Å². The number of allylic oxidation sites excluding steroid dienone is 2. The van der Waals surface area contributed by atoms with Crippen LogP contribution in [0, 0.1) is 5.92 Å². The zero-order valence-corrected chi connectivity index (χ0v) is 8.88. The van der Waals surface area contributed by atoms with Crippen LogP contribution in [-0.2, 0) is 9.53 Å². The van der Waals surface area contributed by atoms with Crippen molar-refractivity contribution in [1.82, 2.24) is 0 Å². The van der Waals surface area contributed by atoms with Crippen molar-refractivity contribution in [2.75, 3.05) is 7.11 Å². The molecule has 0 aromatic heterocycles. The van der Waals surface area contributed by atoms with E-state index in [-0.39, 0.29) is 11.9 Å². The second-order valence-electron chi connectivity index (χ2n) is 3.12. The monoisotopic (exact) mass is 184 g/mol. The third-order valence-corrected chi connectivity index (χ3v) is 2.07. The minimum Gasteiger partial charge on any atom is -0.469 e. The Morgan fingerprint density at radius 3 is 2.54 bits per heavy atom. The molecule has 2 heteroatoms. The summed E-state index contributed by atoms with van der Waals surface area (Å²) in [7, 11) is 1.45. The Labute approximate surface area is 81.0 Å². The molecule has 0 saturated carbocycles. The van der Waals surface area contributed by atoms with Gasteiger partial charge < -0.3 is 4.74 Å². The van der Waals surface area contributed by atoms with E-state index >= 15 is 0 Å². The molecule has 0 heterocycles. The van der Waals surface area contributed by atoms with Crippen molar-refractivity contribution in [3.05, 3.63) is 12.2 Å². The lowest BCUT2D eigenvalue weighted by molar-refractivity contribution is -0.145. The standard InChI is InChI=1S/C11H20O2/c1-4-6-7-8-9-10(5-2)11(12)13-3/h7-8,10H,4-6,9H2,1-3H3. The number of hydrogen-bond donors (Lipinski definition) is 0. The first-order chi connectivity index (χ1) is 6.26. The van der Waals surface area contributed by atoms with Gasteiger partial charge in [0, 0.05) is 0 Å². The maximum absolute atomic E-state index is 11.2. The molecule has 1 unspecified atom stereocenters. The Bertz CT molecular complexity index is 161. The van der Waals surface area contributed by atoms with Crippen LogP contribution in [0.1, 0.15) is 39.5 Å². The van der Waals surface area contributed by atoms with E-state index in [1.165, 1.54) is 7.11 Å². The molecule has 0 aromatic carbocycles. The second kappa shape index (κ2) is 7.84. The summed E-state index contributed by atoms with van der Waals surface area (Å²) < 4.78 is 4.69. The molecule has 0 N–H and O–H groups in total. The first kappa shape index (κ1) is 12.2. The Hall–Kier alpha value is -0.790. The number of esters is 1. The summed E-state index contributed by atoms with van der Waals surface area (Å²) >= 11 is 0. The van der Waals surface area contributed by atoms with Gasteiger partial charge in [-0.05, 0) is 19.3 Å². The number of rotatable bonds is 6. The number of unbranched alkanes of at least 4 members (excludes halogenated alkanes) is 1. The first-order valence-corrected chi connectivity index (χ1v) is 4.99. The molecule has 0 aliphatic heterocycles. The second-order valence-corrected chi connectivity index (χ2v) is 3.12. The number of hydrogen-bond acceptors (Lipinski definition) is 2. The molecule has 76 valence electrons. The van der Waals surface area contributed by atoms with Crippen LogP contribution in [0.3, 0.4) is 0 Å². The van der Waals surface area contributed by atoms with Crippen molar-refractivity contribution < 1.29 is 9.53 Å². The van der Waals surface area contributed by atoms with E-state index in [0.29, 0.717) is 0 Å². The van der Waals surface area contributed by atoms with Gasteiger partial charge in [0.25, 0.3) is 0 Å². The van der Waals surface area contributed by atoms with Crippen LogP contribution < -0.4 is 0 Å². The molecule has 13 heavy (non-hydrogen) atoms. The molecule has 0 bridgehead atoms. The van der Waals surface area contributed by atoms with Crippen molar-refractivity contribution in [2.24, 2.45) is 5.92 Å². The van der Waals surface area contributed by atoms with Gasteiger partial charge in [-0.25, -0.2) is 0 Å². The minimum atomic E-state index is -0.0938. The van der Waals surface area contributed by atoms with E-state index in [1.54, 1.807) is 0 Å². The van der Waals surface area contributed by atoms with E-state index in [4.69, 9.17) is 0 Å². The molecule has 0 aliphatic rings. The molecule has 0 amide bonds. The average molecular weight is 184 g/mol. The lowest BCUT2D eigenvalue weighted by Gasteiger charge is -2.08. The molecule has 0 radical (unpaired) electrons. The van der Waals surface area contributed by atoms with E-state index < -0.39 is 0 Å². The summed E-state index contributed by atoms with van der Waals surface area (Å²) in [6, 6.07) is 0. The molecule has 0 rings (SSSR count). The highest BCUT2D eigenvalue weighted by Gasteiger charge is 2.14. The molecular formula is C11H20O2. The van der Waals surface area contributed by atoms with Gasteiger partial charge >= 0.3 is 5.97 Å². The number of methoxy groups -OCH3 is 1. The fraction of sp³-hybridized carbons (Fsp3) is 0.727. The first-order valence-electron chi connectivity index (χ1n) is 4.99. The molecule has 0 fully saturated rings. The Kier molecular flexibility index (Phi) is 7.36. The van der Waals surface area contributed by atoms with Crippen LogP contribution in [0.2, 0.25) is 0 Å². The quantitative estimate of drug-likeness (QED) is 0.468. The molecule has 0 saturated heterocycles. The van der Waals surface area contributed by atoms with Crippen LogP contribution in [-0.4, -0.2) is 13.1 Å².